The van der Waals surface area contributed by atoms with Gasteiger partial charge in [0.25, 0.3) is 0 Å². The van der Waals surface area contributed by atoms with Gasteiger partial charge in [-0.2, -0.15) is 0 Å². The number of fused-ring (bicyclic) bond motifs is 1. The molecule has 0 amide bonds. The lowest BCUT2D eigenvalue weighted by molar-refractivity contribution is 0.487. The first kappa shape index (κ1) is 21.6. The van der Waals surface area contributed by atoms with E-state index in [-0.39, 0.29) is 5.54 Å². The molecule has 3 rings (SSSR count). The Bertz CT molecular complexity index is 913. The van der Waals surface area contributed by atoms with Gasteiger partial charge in [0.15, 0.2) is 0 Å². The van der Waals surface area contributed by atoms with Gasteiger partial charge in [-0.25, -0.2) is 4.99 Å². The molecule has 0 bridgehead atoms. The highest BCUT2D eigenvalue weighted by atomic mass is 15.4. The predicted octanol–water partition coefficient (Wildman–Crippen LogP) is 6.70. The standard InChI is InChI=1S/C27H33N3/c1-5-7-9-16-22-27(21-15-8-6-2)24-19-13-14-20-25(24)30(4)26(28-27)29(3)23-17-11-10-12-18-23/h5-6,10-14,16-20,22H,1-2,7-9,15,21H2,3-4H3/b22-16+. The van der Waals surface area contributed by atoms with Crippen molar-refractivity contribution in [3.63, 3.8) is 0 Å². The molecular weight excluding hydrogens is 366 g/mol. The van der Waals surface area contributed by atoms with Crippen molar-refractivity contribution in [2.45, 2.75) is 37.6 Å². The number of hydrogen-bond acceptors (Lipinski definition) is 3. The fraction of sp³-hybridized carbons (Fsp3) is 0.296. The number of para-hydroxylation sites is 2. The predicted molar refractivity (Wildman–Crippen MR) is 131 cm³/mol. The third-order valence-corrected chi connectivity index (χ3v) is 5.67. The van der Waals surface area contributed by atoms with Crippen LogP contribution in [0.15, 0.2) is 97.1 Å². The number of rotatable bonds is 9. The van der Waals surface area contributed by atoms with Crippen LogP contribution >= 0.6 is 0 Å². The number of unbranched alkanes of at least 4 members (excludes halogenated alkanes) is 2. The average molecular weight is 400 g/mol. The Morgan fingerprint density at radius 2 is 1.67 bits per heavy atom. The Balaban J connectivity index is 2.11. The Labute approximate surface area is 181 Å². The van der Waals surface area contributed by atoms with E-state index in [4.69, 9.17) is 4.99 Å². The van der Waals surface area contributed by atoms with Crippen molar-refractivity contribution < 1.29 is 0 Å². The lowest BCUT2D eigenvalue weighted by Gasteiger charge is -2.41. The second-order valence-corrected chi connectivity index (χ2v) is 7.76. The van der Waals surface area contributed by atoms with Crippen LogP contribution in [0.3, 0.4) is 0 Å². The molecular formula is C27H33N3. The molecule has 3 heteroatoms. The summed E-state index contributed by atoms with van der Waals surface area (Å²) in [5, 5.41) is 0. The largest absolute Gasteiger partial charge is 0.315 e. The van der Waals surface area contributed by atoms with Crippen LogP contribution < -0.4 is 9.80 Å². The molecule has 0 radical (unpaired) electrons. The summed E-state index contributed by atoms with van der Waals surface area (Å²) < 4.78 is 0. The summed E-state index contributed by atoms with van der Waals surface area (Å²) in [5.41, 5.74) is 3.21. The molecule has 1 heterocycles. The van der Waals surface area contributed by atoms with Crippen molar-refractivity contribution >= 4 is 17.3 Å². The number of nitrogens with zero attached hydrogens (tertiary/aromatic N) is 3. The van der Waals surface area contributed by atoms with Gasteiger partial charge in [0, 0.05) is 31.0 Å². The molecule has 0 spiro atoms. The molecule has 2 aromatic carbocycles. The van der Waals surface area contributed by atoms with Crippen LogP contribution in [0.2, 0.25) is 0 Å². The van der Waals surface area contributed by atoms with Crippen LogP contribution in [0.4, 0.5) is 11.4 Å². The van der Waals surface area contributed by atoms with E-state index in [1.807, 2.05) is 18.2 Å². The minimum atomic E-state index is -0.383. The summed E-state index contributed by atoms with van der Waals surface area (Å²) in [4.78, 5) is 9.78. The number of hydrogen-bond donors (Lipinski definition) is 0. The third-order valence-electron chi connectivity index (χ3n) is 5.67. The van der Waals surface area contributed by atoms with Gasteiger partial charge >= 0.3 is 0 Å². The molecule has 0 N–H and O–H groups in total. The minimum absolute atomic E-state index is 0.383. The normalized spacial score (nSPS) is 18.1. The van der Waals surface area contributed by atoms with Gasteiger partial charge in [0.2, 0.25) is 5.96 Å². The number of benzene rings is 2. The summed E-state index contributed by atoms with van der Waals surface area (Å²) in [6, 6.07) is 19.1. The zero-order valence-electron chi connectivity index (χ0n) is 18.3. The molecule has 1 unspecified atom stereocenters. The molecule has 0 aliphatic carbocycles. The van der Waals surface area contributed by atoms with Gasteiger partial charge in [-0.15, -0.1) is 13.2 Å². The molecule has 0 aromatic heterocycles. The van der Waals surface area contributed by atoms with Crippen LogP contribution in [0.5, 0.6) is 0 Å². The molecule has 0 saturated heterocycles. The lowest BCUT2D eigenvalue weighted by atomic mass is 9.82. The molecule has 0 saturated carbocycles. The third kappa shape index (κ3) is 4.56. The quantitative estimate of drug-likeness (QED) is 0.345. The summed E-state index contributed by atoms with van der Waals surface area (Å²) in [6.07, 6.45) is 13.5. The van der Waals surface area contributed by atoms with E-state index in [1.165, 1.54) is 11.3 Å². The van der Waals surface area contributed by atoms with Crippen LogP contribution in [0.1, 0.15) is 37.7 Å². The van der Waals surface area contributed by atoms with Crippen LogP contribution in [-0.2, 0) is 5.54 Å². The number of aliphatic imine (C=N–C) groups is 1. The molecule has 0 fully saturated rings. The summed E-state index contributed by atoms with van der Waals surface area (Å²) in [7, 11) is 4.20. The lowest BCUT2D eigenvalue weighted by Crippen LogP contribution is -2.46. The Morgan fingerprint density at radius 3 is 2.40 bits per heavy atom. The number of allylic oxidation sites excluding steroid dienone is 3. The van der Waals surface area contributed by atoms with E-state index in [2.05, 4.69) is 97.7 Å². The average Bonchev–Trinajstić information content (AvgIpc) is 2.79. The Morgan fingerprint density at radius 1 is 0.967 bits per heavy atom. The van der Waals surface area contributed by atoms with E-state index in [0.717, 1.165) is 43.8 Å². The van der Waals surface area contributed by atoms with Crippen LogP contribution in [0.25, 0.3) is 0 Å². The van der Waals surface area contributed by atoms with Gasteiger partial charge in [-0.05, 0) is 50.3 Å². The van der Waals surface area contributed by atoms with Crippen molar-refractivity contribution in [1.82, 2.24) is 0 Å². The smallest absolute Gasteiger partial charge is 0.206 e. The highest BCUT2D eigenvalue weighted by Crippen LogP contribution is 2.43. The van der Waals surface area contributed by atoms with Gasteiger partial charge in [-0.1, -0.05) is 60.7 Å². The fourth-order valence-corrected chi connectivity index (χ4v) is 4.03. The first-order valence-corrected chi connectivity index (χ1v) is 10.7. The zero-order valence-corrected chi connectivity index (χ0v) is 18.3. The van der Waals surface area contributed by atoms with E-state index < -0.39 is 0 Å². The first-order chi connectivity index (χ1) is 14.6. The SMILES string of the molecule is C=CCC/C=C/C1(CCCC=C)N=C(N(C)c2ccccc2)N(C)c2ccccc21. The maximum atomic E-state index is 5.40. The second-order valence-electron chi connectivity index (χ2n) is 7.76. The number of guanidine groups is 1. The summed E-state index contributed by atoms with van der Waals surface area (Å²) in [6.45, 7) is 7.76. The van der Waals surface area contributed by atoms with Crippen molar-refractivity contribution in [3.05, 3.63) is 97.6 Å². The number of anilines is 2. The van der Waals surface area contributed by atoms with E-state index in [9.17, 15) is 0 Å². The summed E-state index contributed by atoms with van der Waals surface area (Å²) in [5.74, 6) is 0.951. The second kappa shape index (κ2) is 10.1. The topological polar surface area (TPSA) is 18.8 Å². The van der Waals surface area contributed by atoms with E-state index >= 15 is 0 Å². The Hall–Kier alpha value is -3.07. The maximum Gasteiger partial charge on any atom is 0.206 e. The molecule has 3 nitrogen and oxygen atoms in total. The highest BCUT2D eigenvalue weighted by molar-refractivity contribution is 6.08. The van der Waals surface area contributed by atoms with Gasteiger partial charge in [-0.3, -0.25) is 0 Å². The van der Waals surface area contributed by atoms with E-state index in [0.29, 0.717) is 0 Å². The van der Waals surface area contributed by atoms with Crippen LogP contribution in [-0.4, -0.2) is 20.1 Å². The van der Waals surface area contributed by atoms with Crippen molar-refractivity contribution in [3.8, 4) is 0 Å². The van der Waals surface area contributed by atoms with Crippen molar-refractivity contribution in [2.75, 3.05) is 23.9 Å². The summed E-state index contributed by atoms with van der Waals surface area (Å²) >= 11 is 0. The first-order valence-electron chi connectivity index (χ1n) is 10.7. The van der Waals surface area contributed by atoms with Crippen LogP contribution in [0, 0.1) is 0 Å². The van der Waals surface area contributed by atoms with E-state index in [1.54, 1.807) is 0 Å². The van der Waals surface area contributed by atoms with Gasteiger partial charge < -0.3 is 9.80 Å². The minimum Gasteiger partial charge on any atom is -0.315 e. The molecule has 1 aliphatic rings. The molecule has 30 heavy (non-hydrogen) atoms. The fourth-order valence-electron chi connectivity index (χ4n) is 4.03. The Kier molecular flexibility index (Phi) is 7.29. The molecule has 2 aromatic rings. The molecule has 1 aliphatic heterocycles. The zero-order chi connectivity index (χ0) is 21.4. The van der Waals surface area contributed by atoms with Crippen molar-refractivity contribution in [1.29, 1.82) is 0 Å². The van der Waals surface area contributed by atoms with Crippen molar-refractivity contribution in [2.24, 2.45) is 4.99 Å². The van der Waals surface area contributed by atoms with Gasteiger partial charge in [0.05, 0.1) is 0 Å². The molecule has 1 atom stereocenters. The maximum absolute atomic E-state index is 5.40. The monoisotopic (exact) mass is 399 g/mol. The highest BCUT2D eigenvalue weighted by Gasteiger charge is 2.37. The van der Waals surface area contributed by atoms with Gasteiger partial charge in [0.1, 0.15) is 5.54 Å². The molecule has 156 valence electrons.